The van der Waals surface area contributed by atoms with Crippen LogP contribution in [0.2, 0.25) is 0 Å². The van der Waals surface area contributed by atoms with E-state index in [1.54, 1.807) is 6.08 Å². The van der Waals surface area contributed by atoms with Crippen LogP contribution in [-0.4, -0.2) is 25.1 Å². The minimum Gasteiger partial charge on any atom is -0.371 e. The summed E-state index contributed by atoms with van der Waals surface area (Å²) in [5, 5.41) is 0. The van der Waals surface area contributed by atoms with Gasteiger partial charge in [-0.2, -0.15) is 0 Å². The van der Waals surface area contributed by atoms with Crippen LogP contribution in [0.1, 0.15) is 85.0 Å². The summed E-state index contributed by atoms with van der Waals surface area (Å²) in [5.74, 6) is 2.93. The van der Waals surface area contributed by atoms with Gasteiger partial charge in [0.15, 0.2) is 6.17 Å². The summed E-state index contributed by atoms with van der Waals surface area (Å²) in [4.78, 5) is 0. The quantitative estimate of drug-likeness (QED) is 0.452. The van der Waals surface area contributed by atoms with Crippen LogP contribution in [-0.2, 0) is 4.74 Å². The van der Waals surface area contributed by atoms with E-state index in [0.29, 0.717) is 18.9 Å². The zero-order chi connectivity index (χ0) is 19.8. The highest BCUT2D eigenvalue weighted by molar-refractivity contribution is 4.94. The van der Waals surface area contributed by atoms with E-state index in [2.05, 4.69) is 13.5 Å². The molecule has 4 unspecified atom stereocenters. The maximum absolute atomic E-state index is 14.7. The minimum atomic E-state index is -1.46. The topological polar surface area (TPSA) is 9.23 Å². The van der Waals surface area contributed by atoms with Gasteiger partial charge >= 0.3 is 0 Å². The predicted octanol–water partition coefficient (Wildman–Crippen LogP) is 7.30. The van der Waals surface area contributed by atoms with Gasteiger partial charge < -0.3 is 4.74 Å². The van der Waals surface area contributed by atoms with E-state index in [0.717, 1.165) is 37.0 Å². The van der Waals surface area contributed by atoms with E-state index >= 15 is 0 Å². The lowest BCUT2D eigenvalue weighted by Gasteiger charge is -2.43. The maximum atomic E-state index is 14.7. The second-order valence-corrected chi connectivity index (χ2v) is 8.99. The van der Waals surface area contributed by atoms with Gasteiger partial charge in [-0.1, -0.05) is 39.7 Å². The summed E-state index contributed by atoms with van der Waals surface area (Å²) in [6.07, 6.45) is 9.88. The highest BCUT2D eigenvalue weighted by Crippen LogP contribution is 2.46. The predicted molar refractivity (Wildman–Crippen MR) is 110 cm³/mol. The van der Waals surface area contributed by atoms with Gasteiger partial charge in [-0.25, -0.2) is 8.78 Å². The molecule has 0 aromatic heterocycles. The van der Waals surface area contributed by atoms with Gasteiger partial charge in [-0.05, 0) is 81.0 Å². The Kier molecular flexibility index (Phi) is 9.76. The second-order valence-electron chi connectivity index (χ2n) is 8.99. The first kappa shape index (κ1) is 22.8. The molecule has 0 aromatic rings. The van der Waals surface area contributed by atoms with Crippen molar-refractivity contribution in [1.82, 2.24) is 0 Å². The molecule has 1 nitrogen and oxygen atoms in total. The van der Waals surface area contributed by atoms with E-state index in [9.17, 15) is 8.78 Å². The highest BCUT2D eigenvalue weighted by atomic mass is 19.2. The van der Waals surface area contributed by atoms with Gasteiger partial charge in [0.05, 0.1) is 12.7 Å². The van der Waals surface area contributed by atoms with Crippen molar-refractivity contribution in [2.45, 2.75) is 103 Å². The minimum absolute atomic E-state index is 0.0918. The number of hydrogen-bond donors (Lipinski definition) is 0. The van der Waals surface area contributed by atoms with Gasteiger partial charge in [-0.3, -0.25) is 0 Å². The first-order chi connectivity index (χ1) is 13.1. The Bertz CT molecular complexity index is 411. The van der Waals surface area contributed by atoms with Crippen molar-refractivity contribution in [2.75, 3.05) is 6.61 Å². The summed E-state index contributed by atoms with van der Waals surface area (Å²) >= 11 is 0. The lowest BCUT2D eigenvalue weighted by Crippen LogP contribution is -2.46. The lowest BCUT2D eigenvalue weighted by atomic mass is 9.65. The Hall–Kier alpha value is -0.440. The fraction of sp³-hybridized carbons (Fsp3) is 0.917. The van der Waals surface area contributed by atoms with Crippen molar-refractivity contribution in [3.8, 4) is 0 Å². The molecule has 158 valence electrons. The van der Waals surface area contributed by atoms with Crippen LogP contribution < -0.4 is 0 Å². The molecule has 27 heavy (non-hydrogen) atoms. The van der Waals surface area contributed by atoms with Crippen LogP contribution in [0.4, 0.5) is 8.78 Å². The molecule has 0 aliphatic heterocycles. The van der Waals surface area contributed by atoms with Gasteiger partial charge in [0.25, 0.3) is 0 Å². The Balaban J connectivity index is 0.00000126. The van der Waals surface area contributed by atoms with E-state index in [4.69, 9.17) is 4.74 Å². The van der Waals surface area contributed by atoms with E-state index < -0.39 is 18.4 Å². The van der Waals surface area contributed by atoms with Crippen LogP contribution in [0.3, 0.4) is 0 Å². The van der Waals surface area contributed by atoms with E-state index in [1.807, 2.05) is 13.8 Å². The molecular weight excluding hydrogens is 342 g/mol. The zero-order valence-corrected chi connectivity index (χ0v) is 17.8. The Morgan fingerprint density at radius 1 is 0.778 bits per heavy atom. The number of ether oxygens (including phenoxy) is 1. The van der Waals surface area contributed by atoms with E-state index in [-0.39, 0.29) is 5.92 Å². The molecule has 4 atom stereocenters. The Morgan fingerprint density at radius 2 is 1.30 bits per heavy atom. The van der Waals surface area contributed by atoms with Crippen LogP contribution in [0.25, 0.3) is 0 Å². The highest BCUT2D eigenvalue weighted by Gasteiger charge is 2.45. The standard InChI is InChI=1S/C22H36F2O.C2H6/c1-3-14-25-20-13-12-19(21(23)22(20)24)18-10-8-17(9-11-18)16-6-4-15(2)5-7-16;1-2/h3,15-22H,1,4-14H2,2H3;1-2H3. The molecular formula is C24H42F2O. The van der Waals surface area contributed by atoms with Crippen LogP contribution in [0.5, 0.6) is 0 Å². The van der Waals surface area contributed by atoms with Crippen molar-refractivity contribution < 1.29 is 13.5 Å². The molecule has 0 bridgehead atoms. The molecule has 3 saturated carbocycles. The third-order valence-electron chi connectivity index (χ3n) is 7.43. The zero-order valence-electron chi connectivity index (χ0n) is 17.8. The smallest absolute Gasteiger partial charge is 0.157 e. The molecule has 0 amide bonds. The fourth-order valence-electron chi connectivity index (χ4n) is 5.78. The van der Waals surface area contributed by atoms with Gasteiger partial charge in [0, 0.05) is 0 Å². The van der Waals surface area contributed by atoms with Gasteiger partial charge in [-0.15, -0.1) is 6.58 Å². The monoisotopic (exact) mass is 384 g/mol. The molecule has 0 N–H and O–H groups in total. The van der Waals surface area contributed by atoms with Crippen molar-refractivity contribution in [1.29, 1.82) is 0 Å². The lowest BCUT2D eigenvalue weighted by molar-refractivity contribution is -0.0816. The van der Waals surface area contributed by atoms with Crippen LogP contribution in [0.15, 0.2) is 12.7 Å². The van der Waals surface area contributed by atoms with E-state index in [1.165, 1.54) is 38.5 Å². The maximum Gasteiger partial charge on any atom is 0.157 e. The largest absolute Gasteiger partial charge is 0.371 e. The Morgan fingerprint density at radius 3 is 1.85 bits per heavy atom. The SMILES string of the molecule is C=CCOC1CCC(C2CCC(C3CCC(C)CC3)CC2)C(F)C1F.CC. The third-order valence-corrected chi connectivity index (χ3v) is 7.43. The number of alkyl halides is 2. The van der Waals surface area contributed by atoms with Crippen LogP contribution >= 0.6 is 0 Å². The van der Waals surface area contributed by atoms with Crippen LogP contribution in [0, 0.1) is 29.6 Å². The second kappa shape index (κ2) is 11.5. The molecule has 0 heterocycles. The molecule has 3 aliphatic carbocycles. The van der Waals surface area contributed by atoms with Crippen molar-refractivity contribution in [3.63, 3.8) is 0 Å². The summed E-state index contributed by atoms with van der Waals surface area (Å²) in [7, 11) is 0. The summed E-state index contributed by atoms with van der Waals surface area (Å²) in [6.45, 7) is 10.3. The summed E-state index contributed by atoms with van der Waals surface area (Å²) in [6, 6.07) is 0. The average Bonchev–Trinajstić information content (AvgIpc) is 2.71. The normalized spacial score (nSPS) is 42.7. The molecule has 0 spiro atoms. The van der Waals surface area contributed by atoms with Gasteiger partial charge in [0.1, 0.15) is 6.17 Å². The molecule has 0 radical (unpaired) electrons. The van der Waals surface area contributed by atoms with Gasteiger partial charge in [0.2, 0.25) is 0 Å². The third kappa shape index (κ3) is 6.02. The molecule has 3 rings (SSSR count). The van der Waals surface area contributed by atoms with Crippen molar-refractivity contribution in [2.24, 2.45) is 29.6 Å². The first-order valence-electron chi connectivity index (χ1n) is 11.6. The first-order valence-corrected chi connectivity index (χ1v) is 11.6. The molecule has 0 saturated heterocycles. The Labute approximate surface area is 166 Å². The molecule has 3 aliphatic rings. The molecule has 0 aromatic carbocycles. The number of rotatable bonds is 5. The number of halogens is 2. The summed E-state index contributed by atoms with van der Waals surface area (Å²) < 4.78 is 34.6. The average molecular weight is 385 g/mol. The molecule has 3 heteroatoms. The van der Waals surface area contributed by atoms with Crippen molar-refractivity contribution in [3.05, 3.63) is 12.7 Å². The van der Waals surface area contributed by atoms with Crippen molar-refractivity contribution >= 4 is 0 Å². The molecule has 3 fully saturated rings. The fourth-order valence-corrected chi connectivity index (χ4v) is 5.78. The number of hydrogen-bond acceptors (Lipinski definition) is 1. The summed E-state index contributed by atoms with van der Waals surface area (Å²) in [5.41, 5.74) is 0.